The highest BCUT2D eigenvalue weighted by Crippen LogP contribution is 2.40. The molecule has 0 spiro atoms. The molecule has 0 saturated heterocycles. The molecule has 0 aliphatic heterocycles. The third-order valence-corrected chi connectivity index (χ3v) is 3.59. The molecule has 0 aliphatic carbocycles. The molecule has 15 heavy (non-hydrogen) atoms. The van der Waals surface area contributed by atoms with Gasteiger partial charge in [-0.1, -0.05) is 6.92 Å². The molecule has 3 heteroatoms. The van der Waals surface area contributed by atoms with Crippen molar-refractivity contribution in [2.24, 2.45) is 11.1 Å². The molecular formula is C12H27NO2. The number of aliphatic hydroxyl groups excluding tert-OH is 1. The average molecular weight is 217 g/mol. The van der Waals surface area contributed by atoms with Crippen molar-refractivity contribution in [3.63, 3.8) is 0 Å². The Hall–Kier alpha value is -0.120. The molecule has 0 fully saturated rings. The van der Waals surface area contributed by atoms with Gasteiger partial charge in [-0.05, 0) is 46.0 Å². The molecule has 1 unspecified atom stereocenters. The molecule has 0 rings (SSSR count). The monoisotopic (exact) mass is 217 g/mol. The topological polar surface area (TPSA) is 55.5 Å². The highest BCUT2D eigenvalue weighted by Gasteiger charge is 2.41. The van der Waals surface area contributed by atoms with E-state index in [4.69, 9.17) is 15.6 Å². The van der Waals surface area contributed by atoms with E-state index >= 15 is 0 Å². The molecule has 0 bridgehead atoms. The molecule has 0 saturated carbocycles. The summed E-state index contributed by atoms with van der Waals surface area (Å²) >= 11 is 0. The second kappa shape index (κ2) is 4.81. The van der Waals surface area contributed by atoms with Crippen LogP contribution in [0.1, 0.15) is 47.5 Å². The van der Waals surface area contributed by atoms with Crippen LogP contribution in [-0.2, 0) is 4.74 Å². The summed E-state index contributed by atoms with van der Waals surface area (Å²) < 4.78 is 5.44. The maximum absolute atomic E-state index is 9.14. The van der Waals surface area contributed by atoms with Crippen LogP contribution in [0.3, 0.4) is 0 Å². The second-order valence-electron chi connectivity index (χ2n) is 5.90. The smallest absolute Gasteiger partial charge is 0.0628 e. The van der Waals surface area contributed by atoms with Gasteiger partial charge < -0.3 is 15.6 Å². The summed E-state index contributed by atoms with van der Waals surface area (Å²) in [5.41, 5.74) is 5.54. The third-order valence-electron chi connectivity index (χ3n) is 3.59. The van der Waals surface area contributed by atoms with Gasteiger partial charge in [-0.2, -0.15) is 0 Å². The van der Waals surface area contributed by atoms with E-state index in [1.165, 1.54) is 0 Å². The van der Waals surface area contributed by atoms with Crippen LogP contribution in [0, 0.1) is 5.41 Å². The predicted octanol–water partition coefficient (Wildman–Crippen LogP) is 1.93. The van der Waals surface area contributed by atoms with Crippen LogP contribution < -0.4 is 5.73 Å². The summed E-state index contributed by atoms with van der Waals surface area (Å²) in [4.78, 5) is 0. The van der Waals surface area contributed by atoms with Crippen molar-refractivity contribution in [2.45, 2.75) is 58.6 Å². The van der Waals surface area contributed by atoms with Crippen LogP contribution in [0.2, 0.25) is 0 Å². The van der Waals surface area contributed by atoms with Gasteiger partial charge in [0.15, 0.2) is 0 Å². The Morgan fingerprint density at radius 1 is 1.13 bits per heavy atom. The quantitative estimate of drug-likeness (QED) is 0.715. The first-order chi connectivity index (χ1) is 6.58. The Morgan fingerprint density at radius 3 is 1.87 bits per heavy atom. The van der Waals surface area contributed by atoms with Gasteiger partial charge in [-0.25, -0.2) is 0 Å². The lowest BCUT2D eigenvalue weighted by atomic mass is 9.66. The molecule has 0 aromatic heterocycles. The molecular weight excluding hydrogens is 190 g/mol. The highest BCUT2D eigenvalue weighted by atomic mass is 16.5. The predicted molar refractivity (Wildman–Crippen MR) is 63.8 cm³/mol. The molecule has 1 atom stereocenters. The number of aliphatic hydroxyl groups is 1. The molecule has 3 N–H and O–H groups in total. The standard InChI is InChI=1S/C12H27NO2/c1-10(2,15-6)9-12(5,7-8-14)11(3,4)13/h14H,7-9,13H2,1-6H3. The van der Waals surface area contributed by atoms with Crippen LogP contribution in [0.4, 0.5) is 0 Å². The minimum atomic E-state index is -0.328. The maximum atomic E-state index is 9.14. The van der Waals surface area contributed by atoms with E-state index < -0.39 is 0 Å². The second-order valence-corrected chi connectivity index (χ2v) is 5.90. The maximum Gasteiger partial charge on any atom is 0.0628 e. The molecule has 0 amide bonds. The fourth-order valence-electron chi connectivity index (χ4n) is 1.90. The summed E-state index contributed by atoms with van der Waals surface area (Å²) in [5.74, 6) is 0. The number of hydrogen-bond donors (Lipinski definition) is 2. The molecule has 0 heterocycles. The first kappa shape index (κ1) is 14.9. The summed E-state index contributed by atoms with van der Waals surface area (Å²) in [6.45, 7) is 10.4. The molecule has 0 aromatic rings. The van der Waals surface area contributed by atoms with Gasteiger partial charge in [0, 0.05) is 19.3 Å². The Morgan fingerprint density at radius 2 is 1.60 bits per heavy atom. The van der Waals surface area contributed by atoms with E-state index in [0.29, 0.717) is 6.42 Å². The Balaban J connectivity index is 4.82. The molecule has 92 valence electrons. The van der Waals surface area contributed by atoms with Crippen molar-refractivity contribution < 1.29 is 9.84 Å². The lowest BCUT2D eigenvalue weighted by molar-refractivity contribution is -0.0402. The third kappa shape index (κ3) is 4.09. The minimum Gasteiger partial charge on any atom is -0.396 e. The molecule has 0 aliphatic rings. The summed E-state index contributed by atoms with van der Waals surface area (Å²) in [5, 5.41) is 9.14. The SMILES string of the molecule is COC(C)(C)CC(C)(CCO)C(C)(C)N. The van der Waals surface area contributed by atoms with Crippen molar-refractivity contribution in [3.05, 3.63) is 0 Å². The zero-order valence-electron chi connectivity index (χ0n) is 11.1. The number of methoxy groups -OCH3 is 1. The minimum absolute atomic E-state index is 0.124. The zero-order valence-corrected chi connectivity index (χ0v) is 11.1. The first-order valence-corrected chi connectivity index (χ1v) is 5.53. The van der Waals surface area contributed by atoms with Crippen LogP contribution in [0.5, 0.6) is 0 Å². The van der Waals surface area contributed by atoms with Gasteiger partial charge in [-0.3, -0.25) is 0 Å². The molecule has 0 radical (unpaired) electrons. The van der Waals surface area contributed by atoms with Crippen molar-refractivity contribution in [1.82, 2.24) is 0 Å². The van der Waals surface area contributed by atoms with E-state index in [0.717, 1.165) is 6.42 Å². The van der Waals surface area contributed by atoms with Crippen LogP contribution in [-0.4, -0.2) is 30.0 Å². The van der Waals surface area contributed by atoms with E-state index in [9.17, 15) is 0 Å². The molecule has 0 aromatic carbocycles. The lowest BCUT2D eigenvalue weighted by Crippen LogP contribution is -2.52. The first-order valence-electron chi connectivity index (χ1n) is 5.53. The van der Waals surface area contributed by atoms with Crippen LogP contribution >= 0.6 is 0 Å². The van der Waals surface area contributed by atoms with E-state index in [-0.39, 0.29) is 23.2 Å². The Kier molecular flexibility index (Phi) is 4.77. The zero-order chi connectivity index (χ0) is 12.3. The van der Waals surface area contributed by atoms with Gasteiger partial charge in [0.1, 0.15) is 0 Å². The lowest BCUT2D eigenvalue weighted by Gasteiger charge is -2.45. The summed E-state index contributed by atoms with van der Waals surface area (Å²) in [7, 11) is 1.71. The van der Waals surface area contributed by atoms with Gasteiger partial charge in [0.05, 0.1) is 5.60 Å². The van der Waals surface area contributed by atoms with Gasteiger partial charge in [0.25, 0.3) is 0 Å². The number of rotatable bonds is 6. The largest absolute Gasteiger partial charge is 0.396 e. The van der Waals surface area contributed by atoms with Crippen molar-refractivity contribution in [3.8, 4) is 0 Å². The fourth-order valence-corrected chi connectivity index (χ4v) is 1.90. The van der Waals surface area contributed by atoms with Gasteiger partial charge in [0.2, 0.25) is 0 Å². The van der Waals surface area contributed by atoms with Crippen molar-refractivity contribution in [1.29, 1.82) is 0 Å². The number of hydrogen-bond acceptors (Lipinski definition) is 3. The number of ether oxygens (including phenoxy) is 1. The fraction of sp³-hybridized carbons (Fsp3) is 1.00. The summed E-state index contributed by atoms with van der Waals surface area (Å²) in [6, 6.07) is 0. The normalized spacial score (nSPS) is 17.6. The Labute approximate surface area is 94.0 Å². The van der Waals surface area contributed by atoms with E-state index in [1.54, 1.807) is 7.11 Å². The average Bonchev–Trinajstić information content (AvgIpc) is 2.01. The van der Waals surface area contributed by atoms with Gasteiger partial charge >= 0.3 is 0 Å². The van der Waals surface area contributed by atoms with E-state index in [1.807, 2.05) is 27.7 Å². The number of nitrogens with two attached hydrogens (primary N) is 1. The van der Waals surface area contributed by atoms with Crippen LogP contribution in [0.15, 0.2) is 0 Å². The van der Waals surface area contributed by atoms with Gasteiger partial charge in [-0.15, -0.1) is 0 Å². The van der Waals surface area contributed by atoms with Crippen LogP contribution in [0.25, 0.3) is 0 Å². The van der Waals surface area contributed by atoms with Crippen molar-refractivity contribution >= 4 is 0 Å². The van der Waals surface area contributed by atoms with E-state index in [2.05, 4.69) is 6.92 Å². The Bertz CT molecular complexity index is 196. The molecule has 3 nitrogen and oxygen atoms in total. The summed E-state index contributed by atoms with van der Waals surface area (Å²) in [6.07, 6.45) is 1.53. The van der Waals surface area contributed by atoms with Crippen molar-refractivity contribution in [2.75, 3.05) is 13.7 Å². The highest BCUT2D eigenvalue weighted by molar-refractivity contribution is 4.96.